The molecule has 0 bridgehead atoms. The molecule has 1 fully saturated rings. The molecular formula is C16H20N2OS. The van der Waals surface area contributed by atoms with Crippen molar-refractivity contribution in [3.63, 3.8) is 0 Å². The van der Waals surface area contributed by atoms with Gasteiger partial charge in [-0.1, -0.05) is 31.0 Å². The van der Waals surface area contributed by atoms with Gasteiger partial charge in [-0.2, -0.15) is 0 Å². The zero-order valence-electron chi connectivity index (χ0n) is 11.8. The van der Waals surface area contributed by atoms with Crippen LogP contribution in [0.3, 0.4) is 0 Å². The predicted octanol–water partition coefficient (Wildman–Crippen LogP) is 3.89. The van der Waals surface area contributed by atoms with Crippen LogP contribution >= 0.6 is 11.3 Å². The van der Waals surface area contributed by atoms with Crippen LogP contribution in [0.15, 0.2) is 24.3 Å². The fourth-order valence-corrected chi connectivity index (χ4v) is 4.22. The molecule has 1 saturated carbocycles. The molecule has 1 heterocycles. The number of nitrogens with two attached hydrogens (primary N) is 1. The van der Waals surface area contributed by atoms with E-state index in [0.29, 0.717) is 16.6 Å². The number of hydrogen-bond donors (Lipinski definition) is 1. The molecule has 3 nitrogen and oxygen atoms in total. The van der Waals surface area contributed by atoms with Crippen LogP contribution in [0, 0.1) is 0 Å². The molecule has 20 heavy (non-hydrogen) atoms. The Balaban J connectivity index is 1.96. The van der Waals surface area contributed by atoms with E-state index < -0.39 is 0 Å². The number of rotatable bonds is 3. The minimum atomic E-state index is 0.109. The molecule has 0 radical (unpaired) electrons. The van der Waals surface area contributed by atoms with Crippen molar-refractivity contribution in [2.45, 2.75) is 38.6 Å². The van der Waals surface area contributed by atoms with Crippen molar-refractivity contribution < 1.29 is 4.79 Å². The van der Waals surface area contributed by atoms with E-state index in [1.807, 2.05) is 29.2 Å². The average molecular weight is 288 g/mol. The highest BCUT2D eigenvalue weighted by Crippen LogP contribution is 2.35. The second kappa shape index (κ2) is 5.44. The number of carbonyl (C=O) groups excluding carboxylic acids is 1. The second-order valence-corrected chi connectivity index (χ2v) is 6.42. The molecule has 1 aliphatic rings. The summed E-state index contributed by atoms with van der Waals surface area (Å²) in [5.74, 6) is 0.109. The lowest BCUT2D eigenvalue weighted by molar-refractivity contribution is 0.0699. The van der Waals surface area contributed by atoms with Gasteiger partial charge in [-0.15, -0.1) is 11.3 Å². The van der Waals surface area contributed by atoms with Gasteiger partial charge in [0, 0.05) is 22.7 Å². The third-order valence-electron chi connectivity index (χ3n) is 4.20. The van der Waals surface area contributed by atoms with Gasteiger partial charge in [-0.3, -0.25) is 4.79 Å². The van der Waals surface area contributed by atoms with E-state index in [0.717, 1.165) is 29.5 Å². The second-order valence-electron chi connectivity index (χ2n) is 5.37. The van der Waals surface area contributed by atoms with Gasteiger partial charge in [-0.25, -0.2) is 0 Å². The summed E-state index contributed by atoms with van der Waals surface area (Å²) >= 11 is 1.52. The minimum Gasteiger partial charge on any atom is -0.397 e. The van der Waals surface area contributed by atoms with Crippen molar-refractivity contribution in [3.8, 4) is 0 Å². The van der Waals surface area contributed by atoms with Gasteiger partial charge in [0.1, 0.15) is 4.88 Å². The maximum Gasteiger partial charge on any atom is 0.266 e. The Hall–Kier alpha value is -1.55. The van der Waals surface area contributed by atoms with Crippen molar-refractivity contribution in [2.75, 3.05) is 12.3 Å². The number of hydrogen-bond acceptors (Lipinski definition) is 3. The van der Waals surface area contributed by atoms with Crippen LogP contribution in [0.1, 0.15) is 42.3 Å². The zero-order chi connectivity index (χ0) is 14.1. The first kappa shape index (κ1) is 13.4. The highest BCUT2D eigenvalue weighted by atomic mass is 32.1. The van der Waals surface area contributed by atoms with E-state index in [1.165, 1.54) is 24.2 Å². The summed E-state index contributed by atoms with van der Waals surface area (Å²) < 4.78 is 1.09. The third kappa shape index (κ3) is 2.18. The van der Waals surface area contributed by atoms with E-state index in [9.17, 15) is 4.79 Å². The number of anilines is 1. The summed E-state index contributed by atoms with van der Waals surface area (Å²) in [5.41, 5.74) is 6.84. The van der Waals surface area contributed by atoms with Crippen molar-refractivity contribution in [2.24, 2.45) is 0 Å². The lowest BCUT2D eigenvalue weighted by Gasteiger charge is -2.27. The monoisotopic (exact) mass is 288 g/mol. The number of amides is 1. The van der Waals surface area contributed by atoms with Gasteiger partial charge in [-0.05, 0) is 25.8 Å². The smallest absolute Gasteiger partial charge is 0.266 e. The van der Waals surface area contributed by atoms with Crippen LogP contribution in [0.25, 0.3) is 10.1 Å². The minimum absolute atomic E-state index is 0.109. The zero-order valence-corrected chi connectivity index (χ0v) is 12.6. The first-order chi connectivity index (χ1) is 9.72. The van der Waals surface area contributed by atoms with Gasteiger partial charge < -0.3 is 10.6 Å². The molecule has 1 aromatic carbocycles. The summed E-state index contributed by atoms with van der Waals surface area (Å²) in [6, 6.07) is 8.37. The Morgan fingerprint density at radius 1 is 1.35 bits per heavy atom. The molecule has 0 unspecified atom stereocenters. The molecule has 0 saturated heterocycles. The summed E-state index contributed by atoms with van der Waals surface area (Å²) in [4.78, 5) is 15.5. The van der Waals surface area contributed by atoms with Gasteiger partial charge in [0.15, 0.2) is 0 Å². The van der Waals surface area contributed by atoms with Crippen LogP contribution < -0.4 is 5.73 Å². The third-order valence-corrected chi connectivity index (χ3v) is 5.37. The van der Waals surface area contributed by atoms with E-state index in [4.69, 9.17) is 5.73 Å². The molecule has 1 amide bonds. The normalized spacial score (nSPS) is 15.8. The molecule has 3 rings (SSSR count). The molecule has 0 aliphatic heterocycles. The summed E-state index contributed by atoms with van der Waals surface area (Å²) in [7, 11) is 0. The van der Waals surface area contributed by atoms with Crippen LogP contribution in [0.5, 0.6) is 0 Å². The Kier molecular flexibility index (Phi) is 3.66. The van der Waals surface area contributed by atoms with E-state index in [-0.39, 0.29) is 5.91 Å². The van der Waals surface area contributed by atoms with Gasteiger partial charge in [0.05, 0.1) is 5.69 Å². The number of carbonyl (C=O) groups is 1. The molecule has 106 valence electrons. The first-order valence-electron chi connectivity index (χ1n) is 7.30. The molecule has 1 aliphatic carbocycles. The van der Waals surface area contributed by atoms with Gasteiger partial charge >= 0.3 is 0 Å². The summed E-state index contributed by atoms with van der Waals surface area (Å²) in [6.07, 6.45) is 4.72. The van der Waals surface area contributed by atoms with E-state index in [1.54, 1.807) is 0 Å². The topological polar surface area (TPSA) is 46.3 Å². The molecular weight excluding hydrogens is 268 g/mol. The fraction of sp³-hybridized carbons (Fsp3) is 0.438. The van der Waals surface area contributed by atoms with Crippen LogP contribution in [-0.2, 0) is 0 Å². The standard InChI is InChI=1S/C16H20N2OS/c1-2-18(11-7-3-4-8-11)16(19)15-14(17)12-9-5-6-10-13(12)20-15/h5-6,9-11H,2-4,7-8,17H2,1H3. The molecule has 2 N–H and O–H groups in total. The van der Waals surface area contributed by atoms with Crippen molar-refractivity contribution >= 4 is 33.0 Å². The van der Waals surface area contributed by atoms with Gasteiger partial charge in [0.2, 0.25) is 0 Å². The van der Waals surface area contributed by atoms with Crippen molar-refractivity contribution in [1.82, 2.24) is 4.90 Å². The lowest BCUT2D eigenvalue weighted by Crippen LogP contribution is -2.38. The Morgan fingerprint density at radius 3 is 2.70 bits per heavy atom. The SMILES string of the molecule is CCN(C(=O)c1sc2ccccc2c1N)C1CCCC1. The first-order valence-corrected chi connectivity index (χ1v) is 8.12. The Bertz CT molecular complexity index is 628. The summed E-state index contributed by atoms with van der Waals surface area (Å²) in [6.45, 7) is 2.82. The van der Waals surface area contributed by atoms with Gasteiger partial charge in [0.25, 0.3) is 5.91 Å². The molecule has 4 heteroatoms. The summed E-state index contributed by atoms with van der Waals surface area (Å²) in [5, 5.41) is 1.00. The highest BCUT2D eigenvalue weighted by molar-refractivity contribution is 7.21. The van der Waals surface area contributed by atoms with Crippen LogP contribution in [0.2, 0.25) is 0 Å². The molecule has 1 aromatic heterocycles. The number of thiophene rings is 1. The molecule has 2 aromatic rings. The highest BCUT2D eigenvalue weighted by Gasteiger charge is 2.28. The van der Waals surface area contributed by atoms with Crippen LogP contribution in [-0.4, -0.2) is 23.4 Å². The maximum atomic E-state index is 12.8. The van der Waals surface area contributed by atoms with E-state index in [2.05, 4.69) is 6.92 Å². The largest absolute Gasteiger partial charge is 0.397 e. The number of nitrogens with zero attached hydrogens (tertiary/aromatic N) is 1. The average Bonchev–Trinajstić information content (AvgIpc) is 3.09. The van der Waals surface area contributed by atoms with Crippen molar-refractivity contribution in [3.05, 3.63) is 29.1 Å². The number of fused-ring (bicyclic) bond motifs is 1. The Morgan fingerprint density at radius 2 is 2.05 bits per heavy atom. The van der Waals surface area contributed by atoms with Crippen LogP contribution in [0.4, 0.5) is 5.69 Å². The molecule has 0 spiro atoms. The number of nitrogen functional groups attached to an aromatic ring is 1. The maximum absolute atomic E-state index is 12.8. The number of benzene rings is 1. The molecule has 0 atom stereocenters. The van der Waals surface area contributed by atoms with Crippen molar-refractivity contribution in [1.29, 1.82) is 0 Å². The fourth-order valence-electron chi connectivity index (χ4n) is 3.14. The Labute approximate surface area is 123 Å². The quantitative estimate of drug-likeness (QED) is 0.931. The van der Waals surface area contributed by atoms with E-state index >= 15 is 0 Å². The lowest BCUT2D eigenvalue weighted by atomic mass is 10.1. The predicted molar refractivity (Wildman–Crippen MR) is 85.2 cm³/mol.